The molecule has 2 aromatic heterocycles. The molecule has 0 aliphatic carbocycles. The van der Waals surface area contributed by atoms with Gasteiger partial charge in [-0.25, -0.2) is 0 Å². The molecule has 19 heavy (non-hydrogen) atoms. The first kappa shape index (κ1) is 11.9. The smallest absolute Gasteiger partial charge is 0.102 e. The van der Waals surface area contributed by atoms with E-state index < -0.39 is 0 Å². The first-order chi connectivity index (χ1) is 9.35. The molecule has 1 aliphatic rings. The number of rotatable bonds is 4. The largest absolute Gasteiger partial charge is 0.299 e. The van der Waals surface area contributed by atoms with Crippen LogP contribution in [-0.4, -0.2) is 44.1 Å². The van der Waals surface area contributed by atoms with Crippen molar-refractivity contribution in [2.24, 2.45) is 0 Å². The maximum atomic E-state index is 8.81. The highest BCUT2D eigenvalue weighted by atomic mass is 15.3. The first-order valence-electron chi connectivity index (χ1n) is 6.49. The highest BCUT2D eigenvalue weighted by molar-refractivity contribution is 5.22. The minimum atomic E-state index is 0.389. The Bertz CT molecular complexity index is 564. The third kappa shape index (κ3) is 2.66. The summed E-state index contributed by atoms with van der Waals surface area (Å²) in [6.45, 7) is 3.99. The van der Waals surface area contributed by atoms with E-state index in [1.165, 1.54) is 0 Å². The molecule has 0 spiro atoms. The van der Waals surface area contributed by atoms with Gasteiger partial charge in [-0.05, 0) is 12.5 Å². The van der Waals surface area contributed by atoms with Crippen LogP contribution in [-0.2, 0) is 6.54 Å². The van der Waals surface area contributed by atoms with Crippen molar-refractivity contribution in [1.29, 1.82) is 5.26 Å². The van der Waals surface area contributed by atoms with E-state index in [-0.39, 0.29) is 0 Å². The Kier molecular flexibility index (Phi) is 3.29. The maximum absolute atomic E-state index is 8.81. The van der Waals surface area contributed by atoms with Crippen LogP contribution in [0.5, 0.6) is 0 Å². The molecule has 3 rings (SSSR count). The van der Waals surface area contributed by atoms with Crippen LogP contribution in [0, 0.1) is 11.3 Å². The monoisotopic (exact) mass is 256 g/mol. The van der Waals surface area contributed by atoms with E-state index >= 15 is 0 Å². The average molecular weight is 256 g/mol. The Morgan fingerprint density at radius 3 is 3.05 bits per heavy atom. The van der Waals surface area contributed by atoms with Gasteiger partial charge in [0.05, 0.1) is 24.3 Å². The fourth-order valence-electron chi connectivity index (χ4n) is 2.50. The Labute approximate surface area is 111 Å². The molecule has 0 amide bonds. The van der Waals surface area contributed by atoms with E-state index in [2.05, 4.69) is 21.2 Å². The Morgan fingerprint density at radius 2 is 2.32 bits per heavy atom. The lowest BCUT2D eigenvalue weighted by atomic mass is 10.3. The van der Waals surface area contributed by atoms with E-state index in [9.17, 15) is 0 Å². The van der Waals surface area contributed by atoms with E-state index in [0.717, 1.165) is 32.6 Å². The van der Waals surface area contributed by atoms with Gasteiger partial charge in [0.1, 0.15) is 6.07 Å². The summed E-state index contributed by atoms with van der Waals surface area (Å²) in [7, 11) is 0. The molecular weight excluding hydrogens is 240 g/mol. The van der Waals surface area contributed by atoms with Gasteiger partial charge in [0, 0.05) is 38.2 Å². The van der Waals surface area contributed by atoms with Crippen LogP contribution in [0.1, 0.15) is 18.0 Å². The second-order valence-electron chi connectivity index (χ2n) is 4.83. The van der Waals surface area contributed by atoms with Crippen LogP contribution >= 0.6 is 0 Å². The molecule has 98 valence electrons. The van der Waals surface area contributed by atoms with Gasteiger partial charge in [0.2, 0.25) is 0 Å². The Morgan fingerprint density at radius 1 is 1.37 bits per heavy atom. The zero-order chi connectivity index (χ0) is 13.1. The van der Waals surface area contributed by atoms with Crippen LogP contribution in [0.2, 0.25) is 0 Å². The summed E-state index contributed by atoms with van der Waals surface area (Å²) >= 11 is 0. The van der Waals surface area contributed by atoms with Crippen LogP contribution in [0.3, 0.4) is 0 Å². The third-order valence-corrected chi connectivity index (χ3v) is 3.56. The fourth-order valence-corrected chi connectivity index (χ4v) is 2.50. The van der Waals surface area contributed by atoms with Gasteiger partial charge in [0.25, 0.3) is 0 Å². The summed E-state index contributed by atoms with van der Waals surface area (Å²) in [5, 5.41) is 17.3. The van der Waals surface area contributed by atoms with Gasteiger partial charge in [-0.15, -0.1) is 0 Å². The number of aromatic nitrogens is 4. The molecule has 0 N–H and O–H groups in total. The lowest BCUT2D eigenvalue weighted by Crippen LogP contribution is -2.26. The number of nitriles is 1. The molecule has 6 heteroatoms. The van der Waals surface area contributed by atoms with Gasteiger partial charge in [-0.3, -0.25) is 14.3 Å². The highest BCUT2D eigenvalue weighted by Gasteiger charge is 2.24. The SMILES string of the molecule is N#Cc1cnn(C2CCN(CCn3cccn3)C2)c1. The topological polar surface area (TPSA) is 62.7 Å². The van der Waals surface area contributed by atoms with Crippen molar-refractivity contribution in [3.05, 3.63) is 36.4 Å². The predicted molar refractivity (Wildman–Crippen MR) is 69.3 cm³/mol. The number of likely N-dealkylation sites (tertiary alicyclic amines) is 1. The van der Waals surface area contributed by atoms with E-state index in [1.807, 2.05) is 27.8 Å². The van der Waals surface area contributed by atoms with Gasteiger partial charge < -0.3 is 0 Å². The zero-order valence-corrected chi connectivity index (χ0v) is 10.7. The van der Waals surface area contributed by atoms with E-state index in [4.69, 9.17) is 5.26 Å². The average Bonchev–Trinajstić information content (AvgIpc) is 3.16. The van der Waals surface area contributed by atoms with Crippen molar-refractivity contribution >= 4 is 0 Å². The zero-order valence-electron chi connectivity index (χ0n) is 10.7. The standard InChI is InChI=1S/C13H16N6/c14-8-12-9-16-19(10-12)13-2-5-17(11-13)6-7-18-4-1-3-15-18/h1,3-4,9-10,13H,2,5-7,11H2. The van der Waals surface area contributed by atoms with Crippen molar-refractivity contribution in [2.75, 3.05) is 19.6 Å². The predicted octanol–water partition coefficient (Wildman–Crippen LogP) is 0.898. The normalized spacial score (nSPS) is 19.6. The molecule has 6 nitrogen and oxygen atoms in total. The number of hydrogen-bond acceptors (Lipinski definition) is 4. The van der Waals surface area contributed by atoms with Crippen molar-refractivity contribution < 1.29 is 0 Å². The number of hydrogen-bond donors (Lipinski definition) is 0. The van der Waals surface area contributed by atoms with Crippen LogP contribution in [0.25, 0.3) is 0 Å². The van der Waals surface area contributed by atoms with Crippen LogP contribution in [0.15, 0.2) is 30.9 Å². The Balaban J connectivity index is 1.54. The second-order valence-corrected chi connectivity index (χ2v) is 4.83. The third-order valence-electron chi connectivity index (χ3n) is 3.56. The lowest BCUT2D eigenvalue weighted by Gasteiger charge is -2.16. The second kappa shape index (κ2) is 5.24. The molecule has 1 atom stereocenters. The number of nitrogens with zero attached hydrogens (tertiary/aromatic N) is 6. The molecule has 0 saturated carbocycles. The van der Waals surface area contributed by atoms with Gasteiger partial charge >= 0.3 is 0 Å². The minimum absolute atomic E-state index is 0.389. The summed E-state index contributed by atoms with van der Waals surface area (Å²) in [6.07, 6.45) is 8.35. The fraction of sp³-hybridized carbons (Fsp3) is 0.462. The van der Waals surface area contributed by atoms with Gasteiger partial charge in [0.15, 0.2) is 0 Å². The Hall–Kier alpha value is -2.13. The molecule has 2 aromatic rings. The molecule has 0 bridgehead atoms. The molecule has 1 aliphatic heterocycles. The molecule has 3 heterocycles. The first-order valence-corrected chi connectivity index (χ1v) is 6.49. The van der Waals surface area contributed by atoms with Crippen molar-refractivity contribution in [3.63, 3.8) is 0 Å². The molecule has 1 unspecified atom stereocenters. The van der Waals surface area contributed by atoms with E-state index in [0.29, 0.717) is 11.6 Å². The summed E-state index contributed by atoms with van der Waals surface area (Å²) in [6, 6.07) is 4.45. The summed E-state index contributed by atoms with van der Waals surface area (Å²) in [4.78, 5) is 2.42. The van der Waals surface area contributed by atoms with Crippen molar-refractivity contribution in [2.45, 2.75) is 19.0 Å². The molecule has 0 aromatic carbocycles. The summed E-state index contributed by atoms with van der Waals surface area (Å²) in [5.41, 5.74) is 0.634. The summed E-state index contributed by atoms with van der Waals surface area (Å²) < 4.78 is 3.88. The molecule has 1 fully saturated rings. The minimum Gasteiger partial charge on any atom is -0.299 e. The lowest BCUT2D eigenvalue weighted by molar-refractivity contribution is 0.300. The maximum Gasteiger partial charge on any atom is 0.102 e. The van der Waals surface area contributed by atoms with Crippen LogP contribution in [0.4, 0.5) is 0 Å². The van der Waals surface area contributed by atoms with Gasteiger partial charge in [-0.1, -0.05) is 0 Å². The summed E-state index contributed by atoms with van der Waals surface area (Å²) in [5.74, 6) is 0. The van der Waals surface area contributed by atoms with Crippen LogP contribution < -0.4 is 0 Å². The van der Waals surface area contributed by atoms with Gasteiger partial charge in [-0.2, -0.15) is 15.5 Å². The molecule has 1 saturated heterocycles. The van der Waals surface area contributed by atoms with Crippen molar-refractivity contribution in [3.8, 4) is 6.07 Å². The quantitative estimate of drug-likeness (QED) is 0.815. The molecular formula is C13H16N6. The molecule has 0 radical (unpaired) electrons. The van der Waals surface area contributed by atoms with E-state index in [1.54, 1.807) is 12.4 Å². The van der Waals surface area contributed by atoms with Crippen molar-refractivity contribution in [1.82, 2.24) is 24.5 Å². The highest BCUT2D eigenvalue weighted by Crippen LogP contribution is 2.20.